The number of nitriles is 1. The Morgan fingerprint density at radius 2 is 2.04 bits per heavy atom. The molecule has 122 valence electrons. The fourth-order valence-electron chi connectivity index (χ4n) is 2.01. The van der Waals surface area contributed by atoms with Crippen LogP contribution in [0.15, 0.2) is 60.3 Å². The van der Waals surface area contributed by atoms with Crippen LogP contribution in [0.4, 0.5) is 5.69 Å². The van der Waals surface area contributed by atoms with Crippen molar-refractivity contribution in [3.8, 4) is 11.8 Å². The molecule has 2 rings (SSSR count). The van der Waals surface area contributed by atoms with Gasteiger partial charge < -0.3 is 15.7 Å². The summed E-state index contributed by atoms with van der Waals surface area (Å²) >= 11 is 6.07. The number of aromatic hydroxyl groups is 1. The molecule has 3 N–H and O–H groups in total. The van der Waals surface area contributed by atoms with Crippen molar-refractivity contribution in [3.05, 3.63) is 70.9 Å². The maximum atomic E-state index is 12.0. The van der Waals surface area contributed by atoms with Crippen LogP contribution in [0.2, 0.25) is 5.02 Å². The first-order chi connectivity index (χ1) is 11.6. The Balaban J connectivity index is 1.90. The van der Waals surface area contributed by atoms with Gasteiger partial charge in [0.05, 0.1) is 0 Å². The smallest absolute Gasteiger partial charge is 0.267 e. The lowest BCUT2D eigenvalue weighted by Crippen LogP contribution is -2.18. The lowest BCUT2D eigenvalue weighted by Gasteiger charge is -2.06. The fraction of sp³-hybridized carbons (Fsp3) is 0.111. The lowest BCUT2D eigenvalue weighted by atomic mass is 10.1. The first-order valence-electron chi connectivity index (χ1n) is 7.27. The number of hydrogen-bond acceptors (Lipinski definition) is 4. The molecule has 0 saturated heterocycles. The van der Waals surface area contributed by atoms with E-state index in [1.165, 1.54) is 18.3 Å². The highest BCUT2D eigenvalue weighted by Gasteiger charge is 2.09. The Hall–Kier alpha value is -2.97. The van der Waals surface area contributed by atoms with Gasteiger partial charge in [-0.1, -0.05) is 35.9 Å². The van der Waals surface area contributed by atoms with Crippen LogP contribution in [-0.4, -0.2) is 17.6 Å². The van der Waals surface area contributed by atoms with Gasteiger partial charge in [0.2, 0.25) is 0 Å². The molecule has 0 aromatic heterocycles. The summed E-state index contributed by atoms with van der Waals surface area (Å²) in [5.41, 5.74) is 1.34. The molecular formula is C18H16ClN3O2. The lowest BCUT2D eigenvalue weighted by molar-refractivity contribution is -0.112. The largest absolute Gasteiger partial charge is 0.508 e. The summed E-state index contributed by atoms with van der Waals surface area (Å²) in [4.78, 5) is 12.0. The molecule has 5 nitrogen and oxygen atoms in total. The molecule has 0 saturated carbocycles. The summed E-state index contributed by atoms with van der Waals surface area (Å²) in [6.07, 6.45) is 2.04. The number of carbonyl (C=O) groups excluding carboxylic acids is 1. The molecule has 6 heteroatoms. The number of hydrogen-bond donors (Lipinski definition) is 3. The molecule has 1 amide bonds. The molecule has 0 aliphatic rings. The molecule has 2 aromatic rings. The zero-order chi connectivity index (χ0) is 17.4. The van der Waals surface area contributed by atoms with Gasteiger partial charge in [0, 0.05) is 29.5 Å². The predicted molar refractivity (Wildman–Crippen MR) is 93.6 cm³/mol. The molecule has 0 heterocycles. The molecule has 0 spiro atoms. The van der Waals surface area contributed by atoms with Crippen LogP contribution in [0.25, 0.3) is 0 Å². The average molecular weight is 342 g/mol. The van der Waals surface area contributed by atoms with E-state index >= 15 is 0 Å². The van der Waals surface area contributed by atoms with Gasteiger partial charge in [-0.15, -0.1) is 0 Å². The van der Waals surface area contributed by atoms with E-state index in [-0.39, 0.29) is 11.3 Å². The Bertz CT molecular complexity index is 797. The maximum absolute atomic E-state index is 12.0. The third kappa shape index (κ3) is 5.04. The number of nitrogens with one attached hydrogen (secondary N) is 2. The molecule has 0 atom stereocenters. The monoisotopic (exact) mass is 341 g/mol. The molecule has 0 aliphatic carbocycles. The molecule has 0 fully saturated rings. The third-order valence-corrected chi connectivity index (χ3v) is 3.58. The Labute approximate surface area is 145 Å². The summed E-state index contributed by atoms with van der Waals surface area (Å²) in [6.45, 7) is 0.536. The van der Waals surface area contributed by atoms with Crippen LogP contribution in [0.5, 0.6) is 5.75 Å². The van der Waals surface area contributed by atoms with E-state index in [0.717, 1.165) is 5.56 Å². The van der Waals surface area contributed by atoms with Gasteiger partial charge >= 0.3 is 0 Å². The number of amides is 1. The molecule has 0 unspecified atom stereocenters. The van der Waals surface area contributed by atoms with Gasteiger partial charge in [0.1, 0.15) is 17.4 Å². The van der Waals surface area contributed by atoms with E-state index in [9.17, 15) is 9.90 Å². The second kappa shape index (κ2) is 8.61. The maximum Gasteiger partial charge on any atom is 0.267 e. The first-order valence-corrected chi connectivity index (χ1v) is 7.65. The van der Waals surface area contributed by atoms with Crippen LogP contribution >= 0.6 is 11.6 Å². The zero-order valence-electron chi connectivity index (χ0n) is 12.8. The van der Waals surface area contributed by atoms with Crippen LogP contribution in [0.1, 0.15) is 5.56 Å². The van der Waals surface area contributed by atoms with E-state index in [2.05, 4.69) is 10.6 Å². The van der Waals surface area contributed by atoms with Crippen molar-refractivity contribution in [3.63, 3.8) is 0 Å². The highest BCUT2D eigenvalue weighted by atomic mass is 35.5. The summed E-state index contributed by atoms with van der Waals surface area (Å²) in [5, 5.41) is 24.6. The Morgan fingerprint density at radius 3 is 2.75 bits per heavy atom. The van der Waals surface area contributed by atoms with Crippen molar-refractivity contribution in [1.82, 2.24) is 5.32 Å². The predicted octanol–water partition coefficient (Wildman–Crippen LogP) is 3.22. The summed E-state index contributed by atoms with van der Waals surface area (Å²) in [7, 11) is 0. The molecule has 24 heavy (non-hydrogen) atoms. The van der Waals surface area contributed by atoms with Crippen molar-refractivity contribution in [1.29, 1.82) is 5.26 Å². The van der Waals surface area contributed by atoms with Crippen molar-refractivity contribution in [2.24, 2.45) is 0 Å². The number of phenols is 1. The zero-order valence-corrected chi connectivity index (χ0v) is 13.5. The van der Waals surface area contributed by atoms with Crippen LogP contribution < -0.4 is 10.6 Å². The minimum atomic E-state index is -0.548. The van der Waals surface area contributed by atoms with Gasteiger partial charge in [-0.05, 0) is 30.2 Å². The van der Waals surface area contributed by atoms with Crippen molar-refractivity contribution in [2.75, 3.05) is 11.9 Å². The van der Waals surface area contributed by atoms with E-state index in [1.54, 1.807) is 12.1 Å². The van der Waals surface area contributed by atoms with Crippen LogP contribution in [-0.2, 0) is 11.2 Å². The molecule has 2 aromatic carbocycles. The van der Waals surface area contributed by atoms with E-state index in [4.69, 9.17) is 16.9 Å². The van der Waals surface area contributed by atoms with Crippen molar-refractivity contribution >= 4 is 23.2 Å². The molecular weight excluding hydrogens is 326 g/mol. The summed E-state index contributed by atoms with van der Waals surface area (Å²) in [5.74, 6) is -0.513. The topological polar surface area (TPSA) is 85.2 Å². The number of phenolic OH excluding ortho intramolecular Hbond substituents is 1. The highest BCUT2D eigenvalue weighted by Crippen LogP contribution is 2.16. The summed E-state index contributed by atoms with van der Waals surface area (Å²) in [6, 6.07) is 15.5. The van der Waals surface area contributed by atoms with Gasteiger partial charge in [-0.3, -0.25) is 4.79 Å². The number of anilines is 1. The number of nitrogens with zero attached hydrogens (tertiary/aromatic N) is 1. The summed E-state index contributed by atoms with van der Waals surface area (Å²) < 4.78 is 0. The van der Waals surface area contributed by atoms with Gasteiger partial charge in [-0.2, -0.15) is 5.26 Å². The number of rotatable bonds is 6. The normalized spacial score (nSPS) is 10.8. The van der Waals surface area contributed by atoms with E-state index in [0.29, 0.717) is 23.7 Å². The molecule has 0 bridgehead atoms. The molecule has 0 radical (unpaired) electrons. The van der Waals surface area contributed by atoms with E-state index < -0.39 is 5.91 Å². The standard InChI is InChI=1S/C18H16ClN3O2/c19-17-7-2-1-4-13(17)8-9-21-12-14(11-20)18(24)22-15-5-3-6-16(23)10-15/h1-7,10,12,21,23H,8-9H2,(H,22,24)/b14-12-. The number of halogens is 1. The van der Waals surface area contributed by atoms with Crippen LogP contribution in [0, 0.1) is 11.3 Å². The number of benzene rings is 2. The Morgan fingerprint density at radius 1 is 1.25 bits per heavy atom. The number of carbonyl (C=O) groups is 1. The SMILES string of the molecule is N#C/C(=C/NCCc1ccccc1Cl)C(=O)Nc1cccc(O)c1. The highest BCUT2D eigenvalue weighted by molar-refractivity contribution is 6.31. The third-order valence-electron chi connectivity index (χ3n) is 3.21. The van der Waals surface area contributed by atoms with Gasteiger partial charge in [-0.25, -0.2) is 0 Å². The first kappa shape index (κ1) is 17.4. The van der Waals surface area contributed by atoms with Crippen LogP contribution in [0.3, 0.4) is 0 Å². The minimum absolute atomic E-state index is 0.0353. The quantitative estimate of drug-likeness (QED) is 0.428. The van der Waals surface area contributed by atoms with Crippen molar-refractivity contribution in [2.45, 2.75) is 6.42 Å². The Kier molecular flexibility index (Phi) is 6.23. The second-order valence-electron chi connectivity index (χ2n) is 4.97. The fourth-order valence-corrected chi connectivity index (χ4v) is 2.24. The minimum Gasteiger partial charge on any atom is -0.508 e. The van der Waals surface area contributed by atoms with Crippen molar-refractivity contribution < 1.29 is 9.90 Å². The average Bonchev–Trinajstić information content (AvgIpc) is 2.56. The second-order valence-corrected chi connectivity index (χ2v) is 5.38. The van der Waals surface area contributed by atoms with E-state index in [1.807, 2.05) is 30.3 Å². The molecule has 0 aliphatic heterocycles. The van der Waals surface area contributed by atoms with Gasteiger partial charge in [0.25, 0.3) is 5.91 Å². The van der Waals surface area contributed by atoms with Gasteiger partial charge in [0.15, 0.2) is 0 Å².